The highest BCUT2D eigenvalue weighted by molar-refractivity contribution is 7.45. The first-order chi connectivity index (χ1) is 39.0. The number of amides is 1. The van der Waals surface area contributed by atoms with Gasteiger partial charge in [-0.25, -0.2) is 0 Å². The molecule has 9 heteroatoms. The van der Waals surface area contributed by atoms with Gasteiger partial charge in [0, 0.05) is 6.42 Å². The van der Waals surface area contributed by atoms with Gasteiger partial charge < -0.3 is 28.8 Å². The van der Waals surface area contributed by atoms with E-state index in [4.69, 9.17) is 9.05 Å². The van der Waals surface area contributed by atoms with E-state index in [1.165, 1.54) is 283 Å². The number of phosphoric acid groups is 1. The van der Waals surface area contributed by atoms with E-state index >= 15 is 0 Å². The molecule has 0 aliphatic heterocycles. The fraction of sp³-hybridized carbons (Fsp3) is 0.873. The zero-order valence-electron chi connectivity index (χ0n) is 54.0. The quantitative estimate of drug-likeness (QED) is 0.0272. The molecular weight excluding hydrogens is 1010 g/mol. The number of hydrogen-bond donors (Lipinski definition) is 2. The van der Waals surface area contributed by atoms with E-state index < -0.39 is 20.0 Å². The van der Waals surface area contributed by atoms with Gasteiger partial charge in [-0.3, -0.25) is 9.36 Å². The highest BCUT2D eigenvalue weighted by atomic mass is 31.2. The maximum absolute atomic E-state index is 13.0. The summed E-state index contributed by atoms with van der Waals surface area (Å²) in [6.45, 7) is 4.65. The van der Waals surface area contributed by atoms with Crippen LogP contribution in [-0.4, -0.2) is 68.5 Å². The van der Waals surface area contributed by atoms with E-state index in [0.717, 1.165) is 44.9 Å². The summed E-state index contributed by atoms with van der Waals surface area (Å²) in [7, 11) is 1.26. The predicted molar refractivity (Wildman–Crippen MR) is 348 cm³/mol. The molecule has 0 aliphatic rings. The third kappa shape index (κ3) is 64.0. The number of hydrogen-bond acceptors (Lipinski definition) is 6. The van der Waals surface area contributed by atoms with Crippen LogP contribution >= 0.6 is 7.82 Å². The standard InChI is InChI=1S/C71H137N2O6P/c1-6-8-10-12-14-16-18-20-22-24-25-26-27-28-29-30-31-32-33-34-35-36-37-38-39-40-41-42-43-44-45-46-47-49-51-53-55-57-59-61-63-65-71(75)72-69(68-79-80(76,77)78-67-66-73(3,4)5)70(74)64-62-60-58-56-54-52-50-48-23-21-19-17-15-13-11-9-7-2/h18,20,24-25,54,56,62,64,69-70,74H,6-17,19,21-23,26-53,55,57-61,63,65-68H2,1-5H3,(H-,72,75,76,77)/b20-18-,25-24-,56-54+,64-62+. The second-order valence-electron chi connectivity index (χ2n) is 25.2. The molecule has 472 valence electrons. The first-order valence-corrected chi connectivity index (χ1v) is 36.5. The van der Waals surface area contributed by atoms with Crippen LogP contribution < -0.4 is 10.2 Å². The van der Waals surface area contributed by atoms with Crippen molar-refractivity contribution in [3.63, 3.8) is 0 Å². The summed E-state index contributed by atoms with van der Waals surface area (Å²) in [6, 6.07) is -0.902. The van der Waals surface area contributed by atoms with Gasteiger partial charge in [-0.2, -0.15) is 0 Å². The molecule has 0 rings (SSSR count). The largest absolute Gasteiger partial charge is 0.756 e. The Kier molecular flexibility index (Phi) is 60.8. The molecule has 0 heterocycles. The Morgan fingerprint density at radius 1 is 0.438 bits per heavy atom. The van der Waals surface area contributed by atoms with E-state index in [1.54, 1.807) is 6.08 Å². The first-order valence-electron chi connectivity index (χ1n) is 35.0. The first kappa shape index (κ1) is 78.5. The molecule has 0 radical (unpaired) electrons. The normalized spacial score (nSPS) is 13.9. The smallest absolute Gasteiger partial charge is 0.268 e. The molecule has 0 fully saturated rings. The van der Waals surface area contributed by atoms with E-state index in [1.807, 2.05) is 27.2 Å². The van der Waals surface area contributed by atoms with Crippen molar-refractivity contribution in [2.24, 2.45) is 0 Å². The number of carbonyl (C=O) groups excluding carboxylic acids is 1. The van der Waals surface area contributed by atoms with E-state index in [0.29, 0.717) is 17.4 Å². The molecule has 2 N–H and O–H groups in total. The number of rotatable bonds is 65. The van der Waals surface area contributed by atoms with Crippen molar-refractivity contribution >= 4 is 13.7 Å². The van der Waals surface area contributed by atoms with Crippen LogP contribution in [0.15, 0.2) is 48.6 Å². The third-order valence-electron chi connectivity index (χ3n) is 16.0. The molecular formula is C71H137N2O6P. The minimum Gasteiger partial charge on any atom is -0.756 e. The third-order valence-corrected chi connectivity index (χ3v) is 17.0. The number of carbonyl (C=O) groups is 1. The Hall–Kier alpha value is -1.54. The van der Waals surface area contributed by atoms with Gasteiger partial charge in [-0.15, -0.1) is 0 Å². The summed E-state index contributed by atoms with van der Waals surface area (Å²) in [6.07, 6.45) is 84.0. The molecule has 0 saturated carbocycles. The molecule has 1 amide bonds. The topological polar surface area (TPSA) is 108 Å². The number of likely N-dealkylation sites (N-methyl/N-ethyl adjacent to an activating group) is 1. The summed E-state index contributed by atoms with van der Waals surface area (Å²) in [5.74, 6) is -0.201. The van der Waals surface area contributed by atoms with Gasteiger partial charge >= 0.3 is 0 Å². The number of phosphoric ester groups is 1. The number of allylic oxidation sites excluding steroid dienone is 7. The number of nitrogens with zero attached hydrogens (tertiary/aromatic N) is 1. The summed E-state index contributed by atoms with van der Waals surface area (Å²) < 4.78 is 23.4. The predicted octanol–water partition coefficient (Wildman–Crippen LogP) is 21.6. The zero-order valence-corrected chi connectivity index (χ0v) is 54.9. The lowest BCUT2D eigenvalue weighted by Gasteiger charge is -2.29. The molecule has 0 saturated heterocycles. The molecule has 0 spiro atoms. The Labute approximate surface area is 499 Å². The molecule has 0 aliphatic carbocycles. The van der Waals surface area contributed by atoms with E-state index in [9.17, 15) is 19.4 Å². The van der Waals surface area contributed by atoms with Crippen LogP contribution in [0.4, 0.5) is 0 Å². The zero-order chi connectivity index (χ0) is 58.4. The summed E-state index contributed by atoms with van der Waals surface area (Å²) in [4.78, 5) is 25.6. The van der Waals surface area contributed by atoms with Crippen molar-refractivity contribution < 1.29 is 32.9 Å². The maximum Gasteiger partial charge on any atom is 0.268 e. The lowest BCUT2D eigenvalue weighted by atomic mass is 10.0. The number of quaternary nitrogens is 1. The second-order valence-corrected chi connectivity index (χ2v) is 26.6. The minimum atomic E-state index is -4.61. The van der Waals surface area contributed by atoms with Crippen molar-refractivity contribution in [1.29, 1.82) is 0 Å². The Bertz CT molecular complexity index is 1440. The molecule has 0 bridgehead atoms. The van der Waals surface area contributed by atoms with Gasteiger partial charge in [-0.05, 0) is 64.2 Å². The van der Waals surface area contributed by atoms with Crippen LogP contribution in [0, 0.1) is 0 Å². The molecule has 80 heavy (non-hydrogen) atoms. The van der Waals surface area contributed by atoms with Crippen molar-refractivity contribution in [3.8, 4) is 0 Å². The molecule has 0 aromatic rings. The van der Waals surface area contributed by atoms with Gasteiger partial charge in [0.1, 0.15) is 13.2 Å². The fourth-order valence-corrected chi connectivity index (χ4v) is 11.3. The average molecular weight is 1150 g/mol. The Morgan fingerprint density at radius 2 is 0.738 bits per heavy atom. The molecule has 0 aromatic carbocycles. The van der Waals surface area contributed by atoms with Crippen LogP contribution in [0.5, 0.6) is 0 Å². The molecule has 8 nitrogen and oxygen atoms in total. The Balaban J connectivity index is 3.89. The van der Waals surface area contributed by atoms with Gasteiger partial charge in [0.2, 0.25) is 5.91 Å². The lowest BCUT2D eigenvalue weighted by Crippen LogP contribution is -2.45. The maximum atomic E-state index is 13.0. The number of aliphatic hydroxyl groups excluding tert-OH is 1. The molecule has 3 atom stereocenters. The second kappa shape index (κ2) is 62.0. The van der Waals surface area contributed by atoms with Crippen LogP contribution in [0.1, 0.15) is 348 Å². The highest BCUT2D eigenvalue weighted by Gasteiger charge is 2.23. The number of unbranched alkanes of at least 4 members (excludes halogenated alkanes) is 46. The van der Waals surface area contributed by atoms with Gasteiger partial charge in [0.15, 0.2) is 0 Å². The fourth-order valence-electron chi connectivity index (χ4n) is 10.6. The average Bonchev–Trinajstić information content (AvgIpc) is 3.42. The minimum absolute atomic E-state index is 0.00477. The molecule has 3 unspecified atom stereocenters. The Morgan fingerprint density at radius 3 is 1.09 bits per heavy atom. The van der Waals surface area contributed by atoms with Gasteiger partial charge in [0.25, 0.3) is 7.82 Å². The van der Waals surface area contributed by atoms with E-state index in [-0.39, 0.29) is 19.1 Å². The van der Waals surface area contributed by atoms with Crippen molar-refractivity contribution in [1.82, 2.24) is 5.32 Å². The number of nitrogens with one attached hydrogen (secondary N) is 1. The van der Waals surface area contributed by atoms with Crippen molar-refractivity contribution in [2.45, 2.75) is 360 Å². The van der Waals surface area contributed by atoms with Gasteiger partial charge in [0.05, 0.1) is 39.9 Å². The van der Waals surface area contributed by atoms with Crippen LogP contribution in [-0.2, 0) is 18.4 Å². The van der Waals surface area contributed by atoms with Crippen LogP contribution in [0.3, 0.4) is 0 Å². The van der Waals surface area contributed by atoms with Crippen LogP contribution in [0.2, 0.25) is 0 Å². The van der Waals surface area contributed by atoms with Crippen molar-refractivity contribution in [2.75, 3.05) is 40.9 Å². The SMILES string of the molecule is CCCCCCC/C=C\C/C=C\CCCCCCCCCCCCCCCCCCCCCCCCCCCCCCCC(=O)NC(COP(=O)([O-])OCC[N+](C)(C)C)C(O)/C=C/CC/C=C/CCCCCCCCCCCCC. The molecule has 0 aromatic heterocycles. The monoisotopic (exact) mass is 1150 g/mol. The summed E-state index contributed by atoms with van der Waals surface area (Å²) in [5, 5.41) is 13.9. The summed E-state index contributed by atoms with van der Waals surface area (Å²) >= 11 is 0. The summed E-state index contributed by atoms with van der Waals surface area (Å²) in [5.41, 5.74) is 0. The van der Waals surface area contributed by atoms with Gasteiger partial charge in [-0.1, -0.05) is 326 Å². The lowest BCUT2D eigenvalue weighted by molar-refractivity contribution is -0.870. The van der Waals surface area contributed by atoms with Crippen LogP contribution in [0.25, 0.3) is 0 Å². The van der Waals surface area contributed by atoms with Crippen molar-refractivity contribution in [3.05, 3.63) is 48.6 Å². The highest BCUT2D eigenvalue weighted by Crippen LogP contribution is 2.38. The number of aliphatic hydroxyl groups is 1. The van der Waals surface area contributed by atoms with E-state index in [2.05, 4.69) is 55.6 Å².